The molecule has 2 aromatic heterocycles. The molecule has 1 amide bonds. The lowest BCUT2D eigenvalue weighted by molar-refractivity contribution is 0.0933. The number of rotatable bonds is 3. The Labute approximate surface area is 143 Å². The van der Waals surface area contributed by atoms with E-state index in [0.717, 1.165) is 16.9 Å². The molecule has 0 aliphatic heterocycles. The first kappa shape index (κ1) is 15.8. The summed E-state index contributed by atoms with van der Waals surface area (Å²) < 4.78 is 1.95. The Hall–Kier alpha value is -2.11. The van der Waals surface area contributed by atoms with Crippen molar-refractivity contribution in [3.8, 4) is 0 Å². The summed E-state index contributed by atoms with van der Waals surface area (Å²) in [5.41, 5.74) is 1.98. The molecular formula is C16H14Cl2N4O. The van der Waals surface area contributed by atoms with Gasteiger partial charge in [-0.2, -0.15) is 0 Å². The molecule has 0 unspecified atom stereocenters. The summed E-state index contributed by atoms with van der Waals surface area (Å²) in [4.78, 5) is 20.9. The van der Waals surface area contributed by atoms with Crippen LogP contribution in [0.5, 0.6) is 0 Å². The van der Waals surface area contributed by atoms with Crippen LogP contribution in [-0.2, 0) is 7.05 Å². The number of aromatic nitrogens is 3. The van der Waals surface area contributed by atoms with Crippen molar-refractivity contribution < 1.29 is 4.79 Å². The van der Waals surface area contributed by atoms with Gasteiger partial charge in [0.25, 0.3) is 5.91 Å². The average Bonchev–Trinajstić information content (AvgIpc) is 2.87. The van der Waals surface area contributed by atoms with Gasteiger partial charge in [-0.05, 0) is 31.2 Å². The zero-order valence-corrected chi connectivity index (χ0v) is 14.1. The van der Waals surface area contributed by atoms with Crippen molar-refractivity contribution in [2.75, 3.05) is 0 Å². The van der Waals surface area contributed by atoms with Crippen LogP contribution in [0.2, 0.25) is 10.2 Å². The molecule has 0 spiro atoms. The Bertz CT molecular complexity index is 891. The first-order valence-corrected chi connectivity index (χ1v) is 7.77. The van der Waals surface area contributed by atoms with E-state index in [1.54, 1.807) is 6.07 Å². The maximum Gasteiger partial charge on any atom is 0.272 e. The molecular weight excluding hydrogens is 335 g/mol. The second kappa shape index (κ2) is 6.18. The summed E-state index contributed by atoms with van der Waals surface area (Å²) in [6, 6.07) is 10.6. The largest absolute Gasteiger partial charge is 0.341 e. The predicted molar refractivity (Wildman–Crippen MR) is 90.9 cm³/mol. The van der Waals surface area contributed by atoms with Gasteiger partial charge in [-0.3, -0.25) is 4.79 Å². The number of aryl methyl sites for hydroxylation is 1. The van der Waals surface area contributed by atoms with Crippen LogP contribution in [0.25, 0.3) is 11.0 Å². The van der Waals surface area contributed by atoms with E-state index in [1.165, 1.54) is 6.07 Å². The number of nitrogens with one attached hydrogen (secondary N) is 1. The second-order valence-electron chi connectivity index (χ2n) is 5.18. The molecule has 0 saturated heterocycles. The van der Waals surface area contributed by atoms with Gasteiger partial charge in [0.15, 0.2) is 0 Å². The fourth-order valence-electron chi connectivity index (χ4n) is 2.46. The molecule has 23 heavy (non-hydrogen) atoms. The highest BCUT2D eigenvalue weighted by atomic mass is 35.5. The number of imidazole rings is 1. The van der Waals surface area contributed by atoms with Crippen molar-refractivity contribution in [3.05, 3.63) is 58.1 Å². The van der Waals surface area contributed by atoms with Crippen LogP contribution in [0, 0.1) is 0 Å². The first-order valence-electron chi connectivity index (χ1n) is 7.01. The van der Waals surface area contributed by atoms with E-state index >= 15 is 0 Å². The van der Waals surface area contributed by atoms with E-state index in [0.29, 0.717) is 0 Å². The van der Waals surface area contributed by atoms with Gasteiger partial charge in [0, 0.05) is 7.05 Å². The smallest absolute Gasteiger partial charge is 0.272 e. The molecule has 118 valence electrons. The molecule has 2 heterocycles. The fourth-order valence-corrected chi connectivity index (χ4v) is 2.80. The third-order valence-electron chi connectivity index (χ3n) is 3.58. The molecule has 0 saturated carbocycles. The lowest BCUT2D eigenvalue weighted by Crippen LogP contribution is -2.29. The number of carbonyl (C=O) groups excluding carboxylic acids is 1. The van der Waals surface area contributed by atoms with E-state index in [2.05, 4.69) is 15.3 Å². The van der Waals surface area contributed by atoms with Crippen LogP contribution >= 0.6 is 23.2 Å². The molecule has 3 aromatic rings. The third-order valence-corrected chi connectivity index (χ3v) is 4.10. The highest BCUT2D eigenvalue weighted by molar-refractivity contribution is 6.34. The van der Waals surface area contributed by atoms with Crippen LogP contribution in [0.1, 0.15) is 29.3 Å². The number of halogens is 2. The van der Waals surface area contributed by atoms with Crippen molar-refractivity contribution in [3.63, 3.8) is 0 Å². The number of benzene rings is 1. The lowest BCUT2D eigenvalue weighted by Gasteiger charge is -2.14. The van der Waals surface area contributed by atoms with Crippen molar-refractivity contribution >= 4 is 40.1 Å². The van der Waals surface area contributed by atoms with Crippen molar-refractivity contribution in [1.82, 2.24) is 19.9 Å². The molecule has 1 atom stereocenters. The first-order chi connectivity index (χ1) is 11.0. The van der Waals surface area contributed by atoms with Crippen LogP contribution in [-0.4, -0.2) is 20.4 Å². The number of fused-ring (bicyclic) bond motifs is 1. The summed E-state index contributed by atoms with van der Waals surface area (Å²) >= 11 is 11.8. The van der Waals surface area contributed by atoms with Gasteiger partial charge in [-0.15, -0.1) is 0 Å². The topological polar surface area (TPSA) is 59.8 Å². The van der Waals surface area contributed by atoms with E-state index < -0.39 is 5.91 Å². The Balaban J connectivity index is 1.88. The summed E-state index contributed by atoms with van der Waals surface area (Å²) in [6.45, 7) is 1.86. The molecule has 3 rings (SSSR count). The maximum absolute atomic E-state index is 12.4. The van der Waals surface area contributed by atoms with Crippen LogP contribution in [0.15, 0.2) is 36.4 Å². The molecule has 0 radical (unpaired) electrons. The Kier molecular flexibility index (Phi) is 4.24. The minimum Gasteiger partial charge on any atom is -0.341 e. The molecule has 0 fully saturated rings. The predicted octanol–water partition coefficient (Wildman–Crippen LogP) is 3.77. The standard InChI is InChI=1S/C16H14Cl2N4O/c1-9(15-20-11-5-3-4-6-12(11)22(15)2)19-16(23)14-10(17)7-8-13(18)21-14/h3-9H,1-2H3,(H,19,23)/t9-/m1/s1. The average molecular weight is 349 g/mol. The minimum absolute atomic E-state index is 0.102. The van der Waals surface area contributed by atoms with E-state index in [-0.39, 0.29) is 21.9 Å². The van der Waals surface area contributed by atoms with Crippen molar-refractivity contribution in [1.29, 1.82) is 0 Å². The fraction of sp³-hybridized carbons (Fsp3) is 0.188. The second-order valence-corrected chi connectivity index (χ2v) is 5.97. The lowest BCUT2D eigenvalue weighted by atomic mass is 10.2. The quantitative estimate of drug-likeness (QED) is 0.733. The van der Waals surface area contributed by atoms with E-state index in [4.69, 9.17) is 23.2 Å². The molecule has 0 aliphatic rings. The number of hydrogen-bond acceptors (Lipinski definition) is 3. The number of nitrogens with zero attached hydrogens (tertiary/aromatic N) is 3. The molecule has 1 aromatic carbocycles. The normalized spacial score (nSPS) is 12.3. The van der Waals surface area contributed by atoms with E-state index in [9.17, 15) is 4.79 Å². The number of para-hydroxylation sites is 2. The van der Waals surface area contributed by atoms with Crippen LogP contribution in [0.4, 0.5) is 0 Å². The number of pyridine rings is 1. The SMILES string of the molecule is C[C@@H](NC(=O)c1nc(Cl)ccc1Cl)c1nc2ccccc2n1C. The van der Waals surface area contributed by atoms with Crippen molar-refractivity contribution in [2.24, 2.45) is 7.05 Å². The van der Waals surface area contributed by atoms with Crippen LogP contribution in [0.3, 0.4) is 0 Å². The molecule has 0 aliphatic carbocycles. The number of carbonyl (C=O) groups is 1. The summed E-state index contributed by atoms with van der Waals surface area (Å²) in [5.74, 6) is 0.356. The zero-order valence-electron chi connectivity index (χ0n) is 12.5. The van der Waals surface area contributed by atoms with Gasteiger partial charge in [0.1, 0.15) is 16.7 Å². The maximum atomic E-state index is 12.4. The van der Waals surface area contributed by atoms with Gasteiger partial charge in [0.05, 0.1) is 22.1 Å². The Morgan fingerprint density at radius 2 is 1.91 bits per heavy atom. The molecule has 0 bridgehead atoms. The highest BCUT2D eigenvalue weighted by Crippen LogP contribution is 2.21. The van der Waals surface area contributed by atoms with Crippen molar-refractivity contribution in [2.45, 2.75) is 13.0 Å². The number of amides is 1. The monoisotopic (exact) mass is 348 g/mol. The molecule has 5 nitrogen and oxygen atoms in total. The highest BCUT2D eigenvalue weighted by Gasteiger charge is 2.19. The van der Waals surface area contributed by atoms with Gasteiger partial charge in [-0.25, -0.2) is 9.97 Å². The van der Waals surface area contributed by atoms with Gasteiger partial charge in [0.2, 0.25) is 0 Å². The number of hydrogen-bond donors (Lipinski definition) is 1. The Morgan fingerprint density at radius 1 is 1.17 bits per heavy atom. The molecule has 7 heteroatoms. The van der Waals surface area contributed by atoms with E-state index in [1.807, 2.05) is 42.8 Å². The third kappa shape index (κ3) is 3.02. The minimum atomic E-state index is -0.392. The summed E-state index contributed by atoms with van der Waals surface area (Å²) in [7, 11) is 1.91. The summed E-state index contributed by atoms with van der Waals surface area (Å²) in [6.07, 6.45) is 0. The van der Waals surface area contributed by atoms with Gasteiger partial charge in [-0.1, -0.05) is 35.3 Å². The van der Waals surface area contributed by atoms with Gasteiger partial charge >= 0.3 is 0 Å². The summed E-state index contributed by atoms with van der Waals surface area (Å²) in [5, 5.41) is 3.33. The molecule has 1 N–H and O–H groups in total. The van der Waals surface area contributed by atoms with Gasteiger partial charge < -0.3 is 9.88 Å². The van der Waals surface area contributed by atoms with Crippen LogP contribution < -0.4 is 5.32 Å². The Morgan fingerprint density at radius 3 is 2.65 bits per heavy atom. The zero-order chi connectivity index (χ0) is 16.6.